The number of ether oxygens (including phenoxy) is 2. The van der Waals surface area contributed by atoms with E-state index in [-0.39, 0.29) is 17.2 Å². The molecule has 0 aromatic heterocycles. The predicted molar refractivity (Wildman–Crippen MR) is 64.9 cm³/mol. The number of rotatable bonds is 6. The van der Waals surface area contributed by atoms with Gasteiger partial charge in [0, 0.05) is 12.6 Å². The molecule has 1 aromatic carbocycles. The molecule has 0 saturated carbocycles. The highest BCUT2D eigenvalue weighted by atomic mass is 32.2. The zero-order valence-electron chi connectivity index (χ0n) is 9.76. The standard InChI is InChI=1S/C11H15NO4S/c1-4-7-12-17(13,14)11-6-5-9(15-2)8-10(11)16-3/h4-6,8,12H,1,7H2,2-3H3. The van der Waals surface area contributed by atoms with E-state index in [9.17, 15) is 8.42 Å². The van der Waals surface area contributed by atoms with Crippen molar-refractivity contribution in [2.75, 3.05) is 20.8 Å². The summed E-state index contributed by atoms with van der Waals surface area (Å²) >= 11 is 0. The van der Waals surface area contributed by atoms with Gasteiger partial charge < -0.3 is 9.47 Å². The average Bonchev–Trinajstić information content (AvgIpc) is 2.35. The van der Waals surface area contributed by atoms with Crippen LogP contribution in [0.15, 0.2) is 35.7 Å². The molecule has 17 heavy (non-hydrogen) atoms. The Hall–Kier alpha value is -1.53. The molecule has 0 spiro atoms. The van der Waals surface area contributed by atoms with Gasteiger partial charge in [0.2, 0.25) is 10.0 Å². The van der Waals surface area contributed by atoms with Crippen molar-refractivity contribution in [2.24, 2.45) is 0 Å². The molecule has 0 unspecified atom stereocenters. The summed E-state index contributed by atoms with van der Waals surface area (Å²) in [7, 11) is -0.689. The zero-order valence-corrected chi connectivity index (χ0v) is 10.6. The van der Waals surface area contributed by atoms with Gasteiger partial charge in [0.1, 0.15) is 16.4 Å². The van der Waals surface area contributed by atoms with Crippen LogP contribution in [0.25, 0.3) is 0 Å². The van der Waals surface area contributed by atoms with Crippen molar-refractivity contribution in [3.05, 3.63) is 30.9 Å². The van der Waals surface area contributed by atoms with Crippen molar-refractivity contribution in [1.29, 1.82) is 0 Å². The van der Waals surface area contributed by atoms with Crippen molar-refractivity contribution in [1.82, 2.24) is 4.72 Å². The lowest BCUT2D eigenvalue weighted by molar-refractivity contribution is 0.386. The van der Waals surface area contributed by atoms with Gasteiger partial charge in [0.15, 0.2) is 0 Å². The Morgan fingerprint density at radius 1 is 1.35 bits per heavy atom. The van der Waals surface area contributed by atoms with Crippen molar-refractivity contribution in [3.8, 4) is 11.5 Å². The molecule has 1 N–H and O–H groups in total. The topological polar surface area (TPSA) is 64.6 Å². The first-order valence-electron chi connectivity index (χ1n) is 4.87. The Morgan fingerprint density at radius 3 is 2.59 bits per heavy atom. The Morgan fingerprint density at radius 2 is 2.06 bits per heavy atom. The van der Waals surface area contributed by atoms with Crippen LogP contribution in [0, 0.1) is 0 Å². The van der Waals surface area contributed by atoms with Gasteiger partial charge >= 0.3 is 0 Å². The van der Waals surface area contributed by atoms with Crippen LogP contribution in [0.3, 0.4) is 0 Å². The molecule has 1 rings (SSSR count). The molecule has 0 radical (unpaired) electrons. The van der Waals surface area contributed by atoms with E-state index in [1.165, 1.54) is 32.4 Å². The lowest BCUT2D eigenvalue weighted by Gasteiger charge is -2.11. The molecule has 0 saturated heterocycles. The SMILES string of the molecule is C=CCNS(=O)(=O)c1ccc(OC)cc1OC. The molecule has 0 aliphatic carbocycles. The number of hydrogen-bond donors (Lipinski definition) is 1. The van der Waals surface area contributed by atoms with Crippen LogP contribution in [0.2, 0.25) is 0 Å². The maximum absolute atomic E-state index is 11.9. The molecule has 0 heterocycles. The van der Waals surface area contributed by atoms with Crippen LogP contribution in [0.5, 0.6) is 11.5 Å². The Bertz CT molecular complexity index is 496. The molecule has 0 bridgehead atoms. The van der Waals surface area contributed by atoms with Crippen LogP contribution in [-0.4, -0.2) is 29.2 Å². The molecule has 6 heteroatoms. The van der Waals surface area contributed by atoms with E-state index in [4.69, 9.17) is 9.47 Å². The number of methoxy groups -OCH3 is 2. The van der Waals surface area contributed by atoms with E-state index in [0.29, 0.717) is 5.75 Å². The molecular formula is C11H15NO4S. The van der Waals surface area contributed by atoms with E-state index in [1.807, 2.05) is 0 Å². The molecule has 0 aliphatic heterocycles. The first-order chi connectivity index (χ1) is 8.05. The maximum Gasteiger partial charge on any atom is 0.244 e. The average molecular weight is 257 g/mol. The largest absolute Gasteiger partial charge is 0.497 e. The summed E-state index contributed by atoms with van der Waals surface area (Å²) in [5.41, 5.74) is 0. The zero-order chi connectivity index (χ0) is 12.9. The van der Waals surface area contributed by atoms with Gasteiger partial charge in [-0.2, -0.15) is 0 Å². The highest BCUT2D eigenvalue weighted by Gasteiger charge is 2.18. The first-order valence-corrected chi connectivity index (χ1v) is 6.36. The Labute approximate surface area is 101 Å². The second-order valence-corrected chi connectivity index (χ2v) is 4.89. The Balaban J connectivity index is 3.17. The minimum absolute atomic E-state index is 0.0719. The van der Waals surface area contributed by atoms with Gasteiger partial charge in [-0.05, 0) is 12.1 Å². The molecule has 1 aromatic rings. The van der Waals surface area contributed by atoms with Gasteiger partial charge in [-0.3, -0.25) is 0 Å². The second kappa shape index (κ2) is 5.70. The van der Waals surface area contributed by atoms with Crippen LogP contribution in [0.1, 0.15) is 0 Å². The minimum Gasteiger partial charge on any atom is -0.497 e. The van der Waals surface area contributed by atoms with E-state index >= 15 is 0 Å². The normalized spacial score (nSPS) is 10.9. The van der Waals surface area contributed by atoms with Crippen molar-refractivity contribution in [3.63, 3.8) is 0 Å². The summed E-state index contributed by atoms with van der Waals surface area (Å²) in [6.45, 7) is 3.61. The summed E-state index contributed by atoms with van der Waals surface area (Å²) in [6, 6.07) is 4.51. The molecule has 5 nitrogen and oxygen atoms in total. The molecule has 0 atom stereocenters. The number of benzene rings is 1. The molecule has 94 valence electrons. The molecule has 0 aliphatic rings. The summed E-state index contributed by atoms with van der Waals surface area (Å²) in [6.07, 6.45) is 1.47. The highest BCUT2D eigenvalue weighted by Crippen LogP contribution is 2.27. The Kier molecular flexibility index (Phi) is 4.53. The van der Waals surface area contributed by atoms with Crippen LogP contribution in [-0.2, 0) is 10.0 Å². The third-order valence-electron chi connectivity index (χ3n) is 2.08. The summed E-state index contributed by atoms with van der Waals surface area (Å²) in [4.78, 5) is 0.0719. The monoisotopic (exact) mass is 257 g/mol. The van der Waals surface area contributed by atoms with E-state index in [0.717, 1.165) is 0 Å². The molecular weight excluding hydrogens is 242 g/mol. The molecule has 0 fully saturated rings. The fraction of sp³-hybridized carbons (Fsp3) is 0.273. The minimum atomic E-state index is -3.59. The van der Waals surface area contributed by atoms with Crippen molar-refractivity contribution in [2.45, 2.75) is 4.90 Å². The summed E-state index contributed by atoms with van der Waals surface area (Å²) in [5, 5.41) is 0. The quantitative estimate of drug-likeness (QED) is 0.777. The van der Waals surface area contributed by atoms with E-state index in [1.54, 1.807) is 6.07 Å². The van der Waals surface area contributed by atoms with Gasteiger partial charge in [-0.1, -0.05) is 6.08 Å². The van der Waals surface area contributed by atoms with Crippen LogP contribution in [0.4, 0.5) is 0 Å². The van der Waals surface area contributed by atoms with Crippen LogP contribution >= 0.6 is 0 Å². The first kappa shape index (κ1) is 13.5. The van der Waals surface area contributed by atoms with Gasteiger partial charge in [-0.15, -0.1) is 6.58 Å². The van der Waals surface area contributed by atoms with Crippen LogP contribution < -0.4 is 14.2 Å². The number of sulfonamides is 1. The number of nitrogens with one attached hydrogen (secondary N) is 1. The van der Waals surface area contributed by atoms with E-state index < -0.39 is 10.0 Å². The predicted octanol–water partition coefficient (Wildman–Crippen LogP) is 1.17. The van der Waals surface area contributed by atoms with Crippen molar-refractivity contribution < 1.29 is 17.9 Å². The summed E-state index contributed by atoms with van der Waals surface area (Å²) in [5.74, 6) is 0.769. The third kappa shape index (κ3) is 3.21. The lowest BCUT2D eigenvalue weighted by atomic mass is 10.3. The van der Waals surface area contributed by atoms with Gasteiger partial charge in [-0.25, -0.2) is 13.1 Å². The van der Waals surface area contributed by atoms with Gasteiger partial charge in [0.25, 0.3) is 0 Å². The smallest absolute Gasteiger partial charge is 0.244 e. The maximum atomic E-state index is 11.9. The summed E-state index contributed by atoms with van der Waals surface area (Å²) < 4.78 is 36.2. The fourth-order valence-corrected chi connectivity index (χ4v) is 2.39. The second-order valence-electron chi connectivity index (χ2n) is 3.16. The number of hydrogen-bond acceptors (Lipinski definition) is 4. The van der Waals surface area contributed by atoms with Gasteiger partial charge in [0.05, 0.1) is 14.2 Å². The van der Waals surface area contributed by atoms with E-state index in [2.05, 4.69) is 11.3 Å². The third-order valence-corrected chi connectivity index (χ3v) is 3.54. The fourth-order valence-electron chi connectivity index (χ4n) is 1.24. The highest BCUT2D eigenvalue weighted by molar-refractivity contribution is 7.89. The molecule has 0 amide bonds. The van der Waals surface area contributed by atoms with Crippen molar-refractivity contribution >= 4 is 10.0 Å². The lowest BCUT2D eigenvalue weighted by Crippen LogP contribution is -2.24.